The molecule has 0 heterocycles. The van der Waals surface area contributed by atoms with Crippen molar-refractivity contribution in [3.05, 3.63) is 125 Å². The van der Waals surface area contributed by atoms with E-state index in [1.165, 1.54) is 0 Å². The lowest BCUT2D eigenvalue weighted by molar-refractivity contribution is -0.147. The van der Waals surface area contributed by atoms with Crippen molar-refractivity contribution in [3.63, 3.8) is 0 Å². The standard InChI is InChI=1S/C52H76O8Si/c1-16-17-19-38(5)50(58-34-43-24-28-45(56-13)29-25-43)41(8)47(53)46(51(54)59-48-36(3)20-18-21-37(48)4)31-35(2)30-39(6)49(60-61(14,15)52(9,10)11)40(7)32-57-33-42-22-26-44(55-12)27-23-42/h16-30,38-41,46-47,49-50,53H,1,31-34H2,2-15H3/b19-17-,35-30-/t38-,39-,40-,41-,46-,47+,49+,50-/m0/s1. The summed E-state index contributed by atoms with van der Waals surface area (Å²) in [5, 5.41) is 12.4. The number of hydrogen-bond acceptors (Lipinski definition) is 8. The van der Waals surface area contributed by atoms with Crippen molar-refractivity contribution >= 4 is 14.3 Å². The lowest BCUT2D eigenvalue weighted by Crippen LogP contribution is -2.47. The van der Waals surface area contributed by atoms with Gasteiger partial charge in [-0.15, -0.1) is 0 Å². The Morgan fingerprint density at radius 3 is 1.87 bits per heavy atom. The van der Waals surface area contributed by atoms with E-state index < -0.39 is 38.3 Å². The van der Waals surface area contributed by atoms with Crippen molar-refractivity contribution in [2.24, 2.45) is 29.6 Å². The number of ether oxygens (including phenoxy) is 5. The van der Waals surface area contributed by atoms with Gasteiger partial charge in [0, 0.05) is 17.8 Å². The number of allylic oxidation sites excluding steroid dienone is 3. The second kappa shape index (κ2) is 24.0. The highest BCUT2D eigenvalue weighted by molar-refractivity contribution is 6.74. The number of para-hydroxylation sites is 1. The van der Waals surface area contributed by atoms with Crippen LogP contribution in [0.15, 0.2) is 103 Å². The van der Waals surface area contributed by atoms with E-state index >= 15 is 0 Å². The Kier molecular flexibility index (Phi) is 20.2. The molecule has 336 valence electrons. The minimum absolute atomic E-state index is 0.000186. The van der Waals surface area contributed by atoms with Gasteiger partial charge in [0.25, 0.3) is 0 Å². The molecule has 0 aromatic heterocycles. The molecule has 0 fully saturated rings. The van der Waals surface area contributed by atoms with Crippen LogP contribution in [0, 0.1) is 43.4 Å². The van der Waals surface area contributed by atoms with Crippen LogP contribution in [0.4, 0.5) is 0 Å². The van der Waals surface area contributed by atoms with Gasteiger partial charge in [-0.2, -0.15) is 0 Å². The number of aliphatic hydroxyl groups is 1. The molecule has 0 aliphatic heterocycles. The number of hydrogen-bond donors (Lipinski definition) is 1. The van der Waals surface area contributed by atoms with E-state index in [1.54, 1.807) is 20.3 Å². The largest absolute Gasteiger partial charge is 0.497 e. The summed E-state index contributed by atoms with van der Waals surface area (Å²) in [6.07, 6.45) is 6.46. The normalized spacial score (nSPS) is 16.5. The summed E-state index contributed by atoms with van der Waals surface area (Å²) in [5.74, 6) is 0.217. The van der Waals surface area contributed by atoms with Gasteiger partial charge in [-0.1, -0.05) is 127 Å². The maximum atomic E-state index is 14.5. The fraction of sp³-hybridized carbons (Fsp3) is 0.519. The van der Waals surface area contributed by atoms with Gasteiger partial charge in [-0.05, 0) is 97.8 Å². The van der Waals surface area contributed by atoms with E-state index in [-0.39, 0.29) is 35.3 Å². The number of methoxy groups -OCH3 is 2. The van der Waals surface area contributed by atoms with Crippen LogP contribution in [0.1, 0.15) is 84.1 Å². The molecule has 9 heteroatoms. The van der Waals surface area contributed by atoms with Crippen LogP contribution in [-0.2, 0) is 31.9 Å². The summed E-state index contributed by atoms with van der Waals surface area (Å²) in [4.78, 5) is 14.5. The van der Waals surface area contributed by atoms with Crippen molar-refractivity contribution in [1.29, 1.82) is 0 Å². The van der Waals surface area contributed by atoms with Gasteiger partial charge < -0.3 is 33.2 Å². The number of carbonyl (C=O) groups is 1. The highest BCUT2D eigenvalue weighted by Gasteiger charge is 2.42. The van der Waals surface area contributed by atoms with Crippen molar-refractivity contribution in [2.75, 3.05) is 20.8 Å². The molecular weight excluding hydrogens is 781 g/mol. The monoisotopic (exact) mass is 857 g/mol. The van der Waals surface area contributed by atoms with E-state index in [9.17, 15) is 9.90 Å². The lowest BCUT2D eigenvalue weighted by Gasteiger charge is -2.42. The maximum absolute atomic E-state index is 14.5. The molecule has 3 rings (SSSR count). The number of rotatable bonds is 24. The highest BCUT2D eigenvalue weighted by Crippen LogP contribution is 2.40. The molecule has 0 saturated heterocycles. The van der Waals surface area contributed by atoms with E-state index in [2.05, 4.69) is 67.3 Å². The first-order valence-corrected chi connectivity index (χ1v) is 24.7. The molecule has 0 spiro atoms. The van der Waals surface area contributed by atoms with Crippen LogP contribution < -0.4 is 14.2 Å². The average molecular weight is 857 g/mol. The molecule has 0 bridgehead atoms. The SMILES string of the molecule is C=C/C=C\[C@H](C)[C@H](OCc1ccc(OC)cc1)[C@@H](C)[C@@H](O)[C@H](C/C(C)=C\[C@H](C)[C@@H](O[Si](C)(C)C(C)(C)C)[C@@H](C)COCc1ccc(OC)cc1)C(=O)Oc1c(C)cccc1C. The molecule has 8 nitrogen and oxygen atoms in total. The highest BCUT2D eigenvalue weighted by atomic mass is 28.4. The predicted octanol–water partition coefficient (Wildman–Crippen LogP) is 12.0. The van der Waals surface area contributed by atoms with Crippen molar-refractivity contribution < 1.29 is 38.0 Å². The maximum Gasteiger partial charge on any atom is 0.317 e. The third-order valence-corrected chi connectivity index (χ3v) is 16.7. The van der Waals surface area contributed by atoms with E-state index in [1.807, 2.05) is 107 Å². The summed E-state index contributed by atoms with van der Waals surface area (Å²) in [6, 6.07) is 21.5. The minimum atomic E-state index is -2.21. The summed E-state index contributed by atoms with van der Waals surface area (Å²) in [5.41, 5.74) is 4.72. The van der Waals surface area contributed by atoms with Crippen molar-refractivity contribution in [2.45, 2.75) is 125 Å². The average Bonchev–Trinajstić information content (AvgIpc) is 3.22. The van der Waals surface area contributed by atoms with E-state index in [0.29, 0.717) is 25.6 Å². The second-order valence-electron chi connectivity index (χ2n) is 18.5. The molecule has 1 N–H and O–H groups in total. The number of aryl methyl sites for hydroxylation is 2. The minimum Gasteiger partial charge on any atom is -0.497 e. The first-order valence-electron chi connectivity index (χ1n) is 21.8. The molecule has 0 aliphatic carbocycles. The fourth-order valence-electron chi connectivity index (χ4n) is 7.50. The zero-order chi connectivity index (χ0) is 45.5. The van der Waals surface area contributed by atoms with Gasteiger partial charge in [0.05, 0.1) is 58.3 Å². The predicted molar refractivity (Wildman–Crippen MR) is 252 cm³/mol. The van der Waals surface area contributed by atoms with Gasteiger partial charge in [0.15, 0.2) is 8.32 Å². The molecule has 0 aliphatic rings. The number of esters is 1. The van der Waals surface area contributed by atoms with Crippen LogP contribution in [-0.4, -0.2) is 58.5 Å². The summed E-state index contributed by atoms with van der Waals surface area (Å²) in [7, 11) is 1.09. The Labute approximate surface area is 369 Å². The number of carbonyl (C=O) groups excluding carboxylic acids is 1. The Bertz CT molecular complexity index is 1840. The van der Waals surface area contributed by atoms with E-state index in [0.717, 1.165) is 39.3 Å². The number of benzene rings is 3. The van der Waals surface area contributed by atoms with Gasteiger partial charge >= 0.3 is 5.97 Å². The molecule has 3 aromatic carbocycles. The number of aliphatic hydroxyl groups excluding tert-OH is 1. The molecule has 0 radical (unpaired) electrons. The molecular formula is C52H76O8Si. The lowest BCUT2D eigenvalue weighted by atomic mass is 9.80. The quantitative estimate of drug-likeness (QED) is 0.0313. The van der Waals surface area contributed by atoms with Crippen LogP contribution >= 0.6 is 0 Å². The van der Waals surface area contributed by atoms with Gasteiger partial charge in [-0.25, -0.2) is 0 Å². The molecule has 3 aromatic rings. The topological polar surface area (TPSA) is 92.7 Å². The van der Waals surface area contributed by atoms with Crippen LogP contribution in [0.5, 0.6) is 17.2 Å². The first kappa shape index (κ1) is 51.4. The van der Waals surface area contributed by atoms with Crippen LogP contribution in [0.2, 0.25) is 18.1 Å². The Balaban J connectivity index is 1.97. The zero-order valence-corrected chi connectivity index (χ0v) is 40.6. The van der Waals surface area contributed by atoms with Gasteiger partial charge in [0.2, 0.25) is 0 Å². The third-order valence-electron chi connectivity index (χ3n) is 12.3. The van der Waals surface area contributed by atoms with E-state index in [4.69, 9.17) is 28.1 Å². The summed E-state index contributed by atoms with van der Waals surface area (Å²) in [6.45, 7) is 30.8. The molecule has 0 saturated carbocycles. The summed E-state index contributed by atoms with van der Waals surface area (Å²) < 4.78 is 37.0. The molecule has 61 heavy (non-hydrogen) atoms. The Morgan fingerprint density at radius 2 is 1.36 bits per heavy atom. The zero-order valence-electron chi connectivity index (χ0n) is 39.6. The third kappa shape index (κ3) is 15.4. The Morgan fingerprint density at radius 1 is 0.820 bits per heavy atom. The fourth-order valence-corrected chi connectivity index (χ4v) is 8.98. The Hall–Kier alpha value is -3.99. The molecule has 0 unspecified atom stereocenters. The van der Waals surface area contributed by atoms with Crippen LogP contribution in [0.3, 0.4) is 0 Å². The summed E-state index contributed by atoms with van der Waals surface area (Å²) >= 11 is 0. The second-order valence-corrected chi connectivity index (χ2v) is 23.2. The first-order chi connectivity index (χ1) is 28.7. The van der Waals surface area contributed by atoms with Crippen LogP contribution in [0.25, 0.3) is 0 Å². The molecule has 0 amide bonds. The molecule has 8 atom stereocenters. The smallest absolute Gasteiger partial charge is 0.317 e. The van der Waals surface area contributed by atoms with Crippen molar-refractivity contribution in [1.82, 2.24) is 0 Å². The van der Waals surface area contributed by atoms with Gasteiger partial charge in [0.1, 0.15) is 17.2 Å². The van der Waals surface area contributed by atoms with Gasteiger partial charge in [-0.3, -0.25) is 4.79 Å². The van der Waals surface area contributed by atoms with Crippen molar-refractivity contribution in [3.8, 4) is 17.2 Å².